The van der Waals surface area contributed by atoms with Crippen LogP contribution in [0.3, 0.4) is 0 Å². The first-order chi connectivity index (χ1) is 27.0. The van der Waals surface area contributed by atoms with Crippen LogP contribution in [-0.2, 0) is 0 Å². The summed E-state index contributed by atoms with van der Waals surface area (Å²) in [5.74, 6) is 17.1. The van der Waals surface area contributed by atoms with Crippen LogP contribution in [0.15, 0.2) is 0 Å². The Labute approximate surface area is 354 Å². The van der Waals surface area contributed by atoms with Crippen LogP contribution in [-0.4, -0.2) is 0 Å². The average Bonchev–Trinajstić information content (AvgIpc) is 3.21. The van der Waals surface area contributed by atoms with Crippen molar-refractivity contribution in [2.24, 2.45) is 94.7 Å². The Morgan fingerprint density at radius 1 is 0.125 bits per heavy atom. The monoisotopic (exact) mass is 777 g/mol. The zero-order chi connectivity index (χ0) is 39.9. The first-order valence-electron chi connectivity index (χ1n) is 27.0. The van der Waals surface area contributed by atoms with Gasteiger partial charge in [0.15, 0.2) is 0 Å². The van der Waals surface area contributed by atoms with Crippen LogP contribution in [0, 0.1) is 94.7 Å². The van der Waals surface area contributed by atoms with Gasteiger partial charge in [-0.05, 0) is 197 Å². The van der Waals surface area contributed by atoms with Crippen molar-refractivity contribution in [1.29, 1.82) is 0 Å². The van der Waals surface area contributed by atoms with Crippen LogP contribution < -0.4 is 0 Å². The van der Waals surface area contributed by atoms with E-state index in [2.05, 4.69) is 55.4 Å². The topological polar surface area (TPSA) is 0 Å². The van der Waals surface area contributed by atoms with Gasteiger partial charge in [-0.15, -0.1) is 0 Å². The maximum Gasteiger partial charge on any atom is -0.0386 e. The molecule has 0 heteroatoms. The van der Waals surface area contributed by atoms with Gasteiger partial charge in [-0.2, -0.15) is 0 Å². The fourth-order valence-electron chi connectivity index (χ4n) is 14.1. The molecule has 0 unspecified atom stereocenters. The second-order valence-electron chi connectivity index (χ2n) is 24.2. The molecule has 0 bridgehead atoms. The van der Waals surface area contributed by atoms with E-state index in [1.54, 1.807) is 103 Å². The molecule has 8 fully saturated rings. The fourth-order valence-corrected chi connectivity index (χ4v) is 14.1. The van der Waals surface area contributed by atoms with Crippen molar-refractivity contribution in [2.45, 2.75) is 261 Å². The van der Waals surface area contributed by atoms with Gasteiger partial charge in [0.1, 0.15) is 0 Å². The normalized spacial score (nSPS) is 45.0. The molecule has 0 aromatic rings. The molecule has 0 spiro atoms. The summed E-state index contributed by atoms with van der Waals surface area (Å²) in [4.78, 5) is 0. The predicted octanol–water partition coefficient (Wildman–Crippen LogP) is 18.6. The van der Waals surface area contributed by atoms with Crippen LogP contribution in [0.4, 0.5) is 0 Å². The lowest BCUT2D eigenvalue weighted by atomic mass is 9.70. The van der Waals surface area contributed by atoms with Crippen LogP contribution >= 0.6 is 0 Å². The molecule has 0 heterocycles. The summed E-state index contributed by atoms with van der Waals surface area (Å²) in [6, 6.07) is 0. The van der Waals surface area contributed by atoms with Crippen LogP contribution in [0.1, 0.15) is 261 Å². The van der Waals surface area contributed by atoms with E-state index in [4.69, 9.17) is 0 Å². The molecule has 56 heavy (non-hydrogen) atoms. The van der Waals surface area contributed by atoms with Crippen LogP contribution in [0.2, 0.25) is 0 Å². The zero-order valence-corrected chi connectivity index (χ0v) is 39.9. The standard InChI is InChI=1S/4C14H26/c4*1-11-3-7-13(8-4-11)14-9-5-12(2)6-10-14/h4*11-14H,3-10H2,1-2H3. The smallest absolute Gasteiger partial charge is 0.0386 e. The highest BCUT2D eigenvalue weighted by molar-refractivity contribution is 4.83. The molecule has 0 radical (unpaired) electrons. The SMILES string of the molecule is CC1CCC(C2CCC(C)CC2)CC1.CC1CCC(C2CCC(C)CC2)CC1.CC1CCC(C2CCC(C)CC2)CC1.CC1CCC(C2CCC(C)CC2)CC1. The molecule has 8 saturated carbocycles. The predicted molar refractivity (Wildman–Crippen MR) is 249 cm³/mol. The van der Waals surface area contributed by atoms with Crippen molar-refractivity contribution in [3.8, 4) is 0 Å². The van der Waals surface area contributed by atoms with Crippen molar-refractivity contribution in [3.05, 3.63) is 0 Å². The summed E-state index contributed by atoms with van der Waals surface area (Å²) in [7, 11) is 0. The summed E-state index contributed by atoms with van der Waals surface area (Å²) in [5.41, 5.74) is 0. The Hall–Kier alpha value is 0. The molecule has 0 saturated heterocycles. The van der Waals surface area contributed by atoms with Crippen molar-refractivity contribution < 1.29 is 0 Å². The highest BCUT2D eigenvalue weighted by Crippen LogP contribution is 2.44. The van der Waals surface area contributed by atoms with Gasteiger partial charge in [0, 0.05) is 0 Å². The van der Waals surface area contributed by atoms with Gasteiger partial charge < -0.3 is 0 Å². The highest BCUT2D eigenvalue weighted by Gasteiger charge is 2.32. The molecular weight excluding hydrogens is 673 g/mol. The summed E-state index contributed by atoms with van der Waals surface area (Å²) in [6.45, 7) is 19.4. The Bertz CT molecular complexity index is 708. The highest BCUT2D eigenvalue weighted by atomic mass is 14.4. The van der Waals surface area contributed by atoms with E-state index in [0.29, 0.717) is 0 Å². The number of hydrogen-bond donors (Lipinski definition) is 0. The van der Waals surface area contributed by atoms with Gasteiger partial charge in [0.2, 0.25) is 0 Å². The first-order valence-corrected chi connectivity index (χ1v) is 27.0. The summed E-state index contributed by atoms with van der Waals surface area (Å²) < 4.78 is 0. The molecule has 0 aliphatic heterocycles. The molecule has 328 valence electrons. The second-order valence-corrected chi connectivity index (χ2v) is 24.2. The van der Waals surface area contributed by atoms with Crippen LogP contribution in [0.5, 0.6) is 0 Å². The molecular formula is C56H104. The van der Waals surface area contributed by atoms with Gasteiger partial charge in [-0.3, -0.25) is 0 Å². The van der Waals surface area contributed by atoms with E-state index in [0.717, 1.165) is 94.7 Å². The van der Waals surface area contributed by atoms with E-state index in [-0.39, 0.29) is 0 Å². The fraction of sp³-hybridized carbons (Fsp3) is 1.00. The van der Waals surface area contributed by atoms with Crippen molar-refractivity contribution >= 4 is 0 Å². The Morgan fingerprint density at radius 2 is 0.196 bits per heavy atom. The molecule has 8 aliphatic rings. The summed E-state index contributed by atoms with van der Waals surface area (Å²) in [5, 5.41) is 0. The van der Waals surface area contributed by atoms with E-state index in [9.17, 15) is 0 Å². The number of hydrogen-bond acceptors (Lipinski definition) is 0. The maximum atomic E-state index is 2.43. The van der Waals surface area contributed by atoms with Crippen molar-refractivity contribution in [3.63, 3.8) is 0 Å². The van der Waals surface area contributed by atoms with Gasteiger partial charge >= 0.3 is 0 Å². The quantitative estimate of drug-likeness (QED) is 0.267. The summed E-state index contributed by atoms with van der Waals surface area (Å²) >= 11 is 0. The molecule has 0 N–H and O–H groups in total. The second kappa shape index (κ2) is 25.1. The van der Waals surface area contributed by atoms with Crippen molar-refractivity contribution in [1.82, 2.24) is 0 Å². The number of rotatable bonds is 4. The van der Waals surface area contributed by atoms with E-state index >= 15 is 0 Å². The van der Waals surface area contributed by atoms with Gasteiger partial charge in [-0.1, -0.05) is 158 Å². The zero-order valence-electron chi connectivity index (χ0n) is 39.9. The molecule has 0 amide bonds. The van der Waals surface area contributed by atoms with E-state index in [1.807, 2.05) is 0 Å². The molecule has 0 atom stereocenters. The van der Waals surface area contributed by atoms with Gasteiger partial charge in [0.05, 0.1) is 0 Å². The summed E-state index contributed by atoms with van der Waals surface area (Å²) in [6.07, 6.45) is 48.8. The van der Waals surface area contributed by atoms with E-state index in [1.165, 1.54) is 103 Å². The van der Waals surface area contributed by atoms with Gasteiger partial charge in [-0.25, -0.2) is 0 Å². The third kappa shape index (κ3) is 16.5. The molecule has 0 aromatic heterocycles. The minimum atomic E-state index is 1.02. The maximum absolute atomic E-state index is 2.43. The third-order valence-electron chi connectivity index (χ3n) is 19.2. The lowest BCUT2D eigenvalue weighted by Gasteiger charge is -2.36. The lowest BCUT2D eigenvalue weighted by molar-refractivity contribution is 0.155. The molecule has 8 aliphatic carbocycles. The third-order valence-corrected chi connectivity index (χ3v) is 19.2. The Morgan fingerprint density at radius 3 is 0.268 bits per heavy atom. The minimum Gasteiger partial charge on any atom is -0.0625 e. The molecule has 0 nitrogen and oxygen atoms in total. The largest absolute Gasteiger partial charge is 0.0625 e. The Kier molecular flexibility index (Phi) is 21.1. The first kappa shape index (κ1) is 47.1. The van der Waals surface area contributed by atoms with Crippen molar-refractivity contribution in [2.75, 3.05) is 0 Å². The molecule has 8 rings (SSSR count). The molecule has 0 aromatic carbocycles. The minimum absolute atomic E-state index is 1.02. The Balaban J connectivity index is 0.000000143. The van der Waals surface area contributed by atoms with Crippen LogP contribution in [0.25, 0.3) is 0 Å². The lowest BCUT2D eigenvalue weighted by Crippen LogP contribution is -2.24. The van der Waals surface area contributed by atoms with Gasteiger partial charge in [0.25, 0.3) is 0 Å². The van der Waals surface area contributed by atoms with E-state index < -0.39 is 0 Å². The average molecular weight is 777 g/mol.